The van der Waals surface area contributed by atoms with Crippen LogP contribution in [0.2, 0.25) is 0 Å². The van der Waals surface area contributed by atoms with Gasteiger partial charge in [0.15, 0.2) is 0 Å². The molecule has 0 aliphatic rings. The van der Waals surface area contributed by atoms with Crippen molar-refractivity contribution in [2.24, 2.45) is 5.73 Å². The second kappa shape index (κ2) is 5.35. The molecule has 0 saturated heterocycles. The Bertz CT molecular complexity index is 582. The molecule has 1 aromatic carbocycles. The highest BCUT2D eigenvalue weighted by Crippen LogP contribution is 2.24. The average Bonchev–Trinajstić information content (AvgIpc) is 2.33. The zero-order chi connectivity index (χ0) is 14.0. The van der Waals surface area contributed by atoms with Crippen LogP contribution in [0.3, 0.4) is 0 Å². The molecule has 0 saturated carbocycles. The minimum absolute atomic E-state index is 0.282. The number of pyridine rings is 1. The first-order valence-corrected chi connectivity index (χ1v) is 6.52. The Hall–Kier alpha value is -1.33. The summed E-state index contributed by atoms with van der Waals surface area (Å²) in [7, 11) is 0. The van der Waals surface area contributed by atoms with Gasteiger partial charge in [-0.1, -0.05) is 22.0 Å². The summed E-state index contributed by atoms with van der Waals surface area (Å²) in [4.78, 5) is 3.96. The molecule has 0 aliphatic heterocycles. The molecule has 19 heavy (non-hydrogen) atoms. The lowest BCUT2D eigenvalue weighted by atomic mass is 9.90. The average molecular weight is 327 g/mol. The highest BCUT2D eigenvalue weighted by atomic mass is 79.9. The molecule has 2 nitrogen and oxygen atoms in total. The molecule has 2 N–H and O–H groups in total. The van der Waals surface area contributed by atoms with Crippen molar-refractivity contribution in [1.82, 2.24) is 4.98 Å². The summed E-state index contributed by atoms with van der Waals surface area (Å²) in [6.07, 6.45) is 1.39. The summed E-state index contributed by atoms with van der Waals surface area (Å²) in [5.74, 6) is -0.748. The third-order valence-corrected chi connectivity index (χ3v) is 3.38. The largest absolute Gasteiger partial charge is 0.320 e. The van der Waals surface area contributed by atoms with Crippen molar-refractivity contribution >= 4 is 15.9 Å². The van der Waals surface area contributed by atoms with Gasteiger partial charge in [0.1, 0.15) is 11.6 Å². The van der Waals surface area contributed by atoms with E-state index >= 15 is 0 Å². The van der Waals surface area contributed by atoms with Crippen LogP contribution < -0.4 is 5.73 Å². The number of nitrogens with zero attached hydrogens (tertiary/aromatic N) is 1. The third-order valence-electron chi connectivity index (χ3n) is 2.89. The van der Waals surface area contributed by atoms with Crippen molar-refractivity contribution < 1.29 is 8.78 Å². The minimum atomic E-state index is -0.859. The molecule has 2 rings (SSSR count). The van der Waals surface area contributed by atoms with Crippen LogP contribution in [0.25, 0.3) is 0 Å². The summed E-state index contributed by atoms with van der Waals surface area (Å²) in [6.45, 7) is 1.74. The highest BCUT2D eigenvalue weighted by molar-refractivity contribution is 9.10. The normalized spacial score (nSPS) is 14.2. The molecule has 1 atom stereocenters. The number of aromatic nitrogens is 1. The second-order valence-corrected chi connectivity index (χ2v) is 5.61. The maximum Gasteiger partial charge on any atom is 0.141 e. The molecular weight excluding hydrogens is 314 g/mol. The van der Waals surface area contributed by atoms with Gasteiger partial charge in [-0.2, -0.15) is 0 Å². The molecule has 2 aromatic rings. The molecule has 1 unspecified atom stereocenters. The van der Waals surface area contributed by atoms with Gasteiger partial charge in [0, 0.05) is 4.47 Å². The van der Waals surface area contributed by atoms with E-state index in [4.69, 9.17) is 5.73 Å². The summed E-state index contributed by atoms with van der Waals surface area (Å²) in [5, 5.41) is 0. The quantitative estimate of drug-likeness (QED) is 0.936. The maximum absolute atomic E-state index is 13.8. The lowest BCUT2D eigenvalue weighted by molar-refractivity contribution is 0.459. The second-order valence-electron chi connectivity index (χ2n) is 4.69. The van der Waals surface area contributed by atoms with Gasteiger partial charge in [-0.3, -0.25) is 4.98 Å². The van der Waals surface area contributed by atoms with Gasteiger partial charge in [-0.25, -0.2) is 8.78 Å². The molecule has 100 valence electrons. The van der Waals surface area contributed by atoms with Crippen molar-refractivity contribution in [3.8, 4) is 0 Å². The van der Waals surface area contributed by atoms with Gasteiger partial charge in [0.25, 0.3) is 0 Å². The van der Waals surface area contributed by atoms with E-state index in [-0.39, 0.29) is 12.2 Å². The van der Waals surface area contributed by atoms with E-state index in [2.05, 4.69) is 20.9 Å². The molecule has 5 heteroatoms. The number of benzene rings is 1. The minimum Gasteiger partial charge on any atom is -0.320 e. The van der Waals surface area contributed by atoms with Crippen LogP contribution in [0.15, 0.2) is 41.0 Å². The topological polar surface area (TPSA) is 38.9 Å². The third kappa shape index (κ3) is 3.36. The SMILES string of the molecule is CC(N)(Cc1ccc(Br)cc1F)c1ccc(F)cn1. The van der Waals surface area contributed by atoms with E-state index < -0.39 is 11.4 Å². The van der Waals surface area contributed by atoms with Crippen molar-refractivity contribution in [2.75, 3.05) is 0 Å². The first-order valence-electron chi connectivity index (χ1n) is 5.73. The summed E-state index contributed by atoms with van der Waals surface area (Å²) >= 11 is 3.20. The van der Waals surface area contributed by atoms with Gasteiger partial charge in [0.2, 0.25) is 0 Å². The predicted molar refractivity (Wildman–Crippen MR) is 73.5 cm³/mol. The number of hydrogen-bond acceptors (Lipinski definition) is 2. The Morgan fingerprint density at radius 1 is 1.26 bits per heavy atom. The van der Waals surface area contributed by atoms with Crippen LogP contribution in [-0.2, 0) is 12.0 Å². The predicted octanol–water partition coefficient (Wildman–Crippen LogP) is 3.54. The van der Waals surface area contributed by atoms with Crippen LogP contribution in [-0.4, -0.2) is 4.98 Å². The van der Waals surface area contributed by atoms with Gasteiger partial charge in [0.05, 0.1) is 17.4 Å². The number of hydrogen-bond donors (Lipinski definition) is 1. The number of nitrogens with two attached hydrogens (primary N) is 1. The standard InChI is InChI=1S/C14H13BrF2N2/c1-14(18,13-5-4-11(16)8-19-13)7-9-2-3-10(15)6-12(9)17/h2-6,8H,7,18H2,1H3. The Balaban J connectivity index is 2.27. The van der Waals surface area contributed by atoms with Gasteiger partial charge < -0.3 is 5.73 Å². The van der Waals surface area contributed by atoms with Crippen LogP contribution >= 0.6 is 15.9 Å². The van der Waals surface area contributed by atoms with Crippen molar-refractivity contribution in [2.45, 2.75) is 18.9 Å². The first-order chi connectivity index (χ1) is 8.88. The molecule has 0 spiro atoms. The van der Waals surface area contributed by atoms with Crippen LogP contribution in [0.1, 0.15) is 18.2 Å². The van der Waals surface area contributed by atoms with E-state index in [1.54, 1.807) is 19.1 Å². The lowest BCUT2D eigenvalue weighted by Crippen LogP contribution is -2.36. The molecule has 0 aliphatic carbocycles. The molecular formula is C14H13BrF2N2. The van der Waals surface area contributed by atoms with Gasteiger partial charge in [-0.05, 0) is 43.2 Å². The van der Waals surface area contributed by atoms with E-state index in [9.17, 15) is 8.78 Å². The van der Waals surface area contributed by atoms with Gasteiger partial charge >= 0.3 is 0 Å². The van der Waals surface area contributed by atoms with E-state index in [1.807, 2.05) is 0 Å². The summed E-state index contributed by atoms with van der Waals surface area (Å²) in [5.41, 5.74) is 6.33. The number of halogens is 3. The van der Waals surface area contributed by atoms with Crippen LogP contribution in [0, 0.1) is 11.6 Å². The van der Waals surface area contributed by atoms with E-state index in [0.29, 0.717) is 15.7 Å². The van der Waals surface area contributed by atoms with Crippen molar-refractivity contribution in [1.29, 1.82) is 0 Å². The fourth-order valence-electron chi connectivity index (χ4n) is 1.86. The highest BCUT2D eigenvalue weighted by Gasteiger charge is 2.24. The summed E-state index contributed by atoms with van der Waals surface area (Å²) in [6, 6.07) is 7.64. The Morgan fingerprint density at radius 2 is 2.00 bits per heavy atom. The summed E-state index contributed by atoms with van der Waals surface area (Å²) < 4.78 is 27.3. The van der Waals surface area contributed by atoms with E-state index in [0.717, 1.165) is 6.20 Å². The van der Waals surface area contributed by atoms with E-state index in [1.165, 1.54) is 18.2 Å². The molecule has 0 bridgehead atoms. The van der Waals surface area contributed by atoms with Crippen molar-refractivity contribution in [3.63, 3.8) is 0 Å². The maximum atomic E-state index is 13.8. The molecule has 1 aromatic heterocycles. The smallest absolute Gasteiger partial charge is 0.141 e. The Kier molecular flexibility index (Phi) is 3.96. The first kappa shape index (κ1) is 14.1. The lowest BCUT2D eigenvalue weighted by Gasteiger charge is -2.24. The number of rotatable bonds is 3. The Labute approximate surface area is 118 Å². The van der Waals surface area contributed by atoms with Crippen LogP contribution in [0.5, 0.6) is 0 Å². The zero-order valence-electron chi connectivity index (χ0n) is 10.3. The van der Waals surface area contributed by atoms with Crippen molar-refractivity contribution in [3.05, 3.63) is 63.9 Å². The van der Waals surface area contributed by atoms with Gasteiger partial charge in [-0.15, -0.1) is 0 Å². The van der Waals surface area contributed by atoms with Crippen LogP contribution in [0.4, 0.5) is 8.78 Å². The zero-order valence-corrected chi connectivity index (χ0v) is 11.9. The molecule has 0 radical (unpaired) electrons. The fraction of sp³-hybridized carbons (Fsp3) is 0.214. The Morgan fingerprint density at radius 3 is 2.58 bits per heavy atom. The molecule has 0 fully saturated rings. The molecule has 1 heterocycles. The fourth-order valence-corrected chi connectivity index (χ4v) is 2.20. The molecule has 0 amide bonds. The monoisotopic (exact) mass is 326 g/mol.